The summed E-state index contributed by atoms with van der Waals surface area (Å²) in [6.07, 6.45) is -0.317. The minimum absolute atomic E-state index is 0.0153. The highest BCUT2D eigenvalue weighted by atomic mass is 32.2. The smallest absolute Gasteiger partial charge is 0.408 e. The zero-order valence-electron chi connectivity index (χ0n) is 23.1. The van der Waals surface area contributed by atoms with Gasteiger partial charge in [-0.15, -0.1) is 15.8 Å². The number of aromatic nitrogens is 1. The Kier molecular flexibility index (Phi) is 13.2. The number of aliphatic hydroxyl groups is 1. The molecule has 4 atom stereocenters. The van der Waals surface area contributed by atoms with Gasteiger partial charge < -0.3 is 20.5 Å². The van der Waals surface area contributed by atoms with Crippen LogP contribution >= 0.6 is 11.3 Å². The fourth-order valence-electron chi connectivity index (χ4n) is 3.35. The van der Waals surface area contributed by atoms with E-state index in [0.717, 1.165) is 25.3 Å². The van der Waals surface area contributed by atoms with Gasteiger partial charge in [-0.1, -0.05) is 20.8 Å². The van der Waals surface area contributed by atoms with Gasteiger partial charge in [-0.25, -0.2) is 26.6 Å². The van der Waals surface area contributed by atoms with Gasteiger partial charge in [0.15, 0.2) is 0 Å². The first-order chi connectivity index (χ1) is 17.8. The second kappa shape index (κ2) is 14.9. The second-order valence-corrected chi connectivity index (χ2v) is 15.0. The fraction of sp³-hybridized carbons (Fsp3) is 0.727. The molecule has 1 aromatic rings. The highest BCUT2D eigenvalue weighted by molar-refractivity contribution is 7.90. The van der Waals surface area contributed by atoms with Crippen LogP contribution in [0.3, 0.4) is 0 Å². The van der Waals surface area contributed by atoms with Gasteiger partial charge in [0.05, 0.1) is 24.2 Å². The van der Waals surface area contributed by atoms with Gasteiger partial charge in [0, 0.05) is 30.3 Å². The van der Waals surface area contributed by atoms with Gasteiger partial charge in [0.25, 0.3) is 0 Å². The molecule has 0 aliphatic carbocycles. The normalized spacial score (nSPS) is 15.3. The van der Waals surface area contributed by atoms with Gasteiger partial charge in [0.1, 0.15) is 27.5 Å². The summed E-state index contributed by atoms with van der Waals surface area (Å²) in [6.45, 7) is 6.77. The highest BCUT2D eigenvalue weighted by Gasteiger charge is 2.32. The number of nitrogens with zero attached hydrogens (tertiary/aromatic N) is 2. The zero-order chi connectivity index (χ0) is 30.1. The van der Waals surface area contributed by atoms with E-state index >= 15 is 0 Å². The number of rotatable bonds is 15. The Morgan fingerprint density at radius 1 is 1.08 bits per heavy atom. The predicted octanol–water partition coefficient (Wildman–Crippen LogP) is -0.0685. The number of aliphatic hydroxyl groups excluding tert-OH is 1. The third-order valence-electron chi connectivity index (χ3n) is 5.40. The Bertz CT molecular complexity index is 1200. The molecule has 39 heavy (non-hydrogen) atoms. The van der Waals surface area contributed by atoms with E-state index in [1.54, 1.807) is 12.3 Å². The molecule has 1 heterocycles. The molecule has 4 N–H and O–H groups in total. The minimum atomic E-state index is -3.72. The predicted molar refractivity (Wildman–Crippen MR) is 146 cm³/mol. The first-order valence-corrected chi connectivity index (χ1v) is 16.8. The Morgan fingerprint density at radius 3 is 2.18 bits per heavy atom. The molecular weight excluding hydrogens is 574 g/mol. The van der Waals surface area contributed by atoms with Crippen molar-refractivity contribution in [1.29, 1.82) is 0 Å². The average Bonchev–Trinajstić information content (AvgIpc) is 3.19. The number of hydrazine groups is 1. The number of aryl methyl sites for hydroxylation is 1. The summed E-state index contributed by atoms with van der Waals surface area (Å²) in [5.74, 6) is -3.10. The molecule has 0 aliphatic rings. The van der Waals surface area contributed by atoms with Gasteiger partial charge in [-0.05, 0) is 25.7 Å². The van der Waals surface area contributed by atoms with E-state index in [2.05, 4.69) is 21.0 Å². The number of ether oxygens (including phenoxy) is 1. The van der Waals surface area contributed by atoms with Crippen molar-refractivity contribution in [1.82, 2.24) is 25.5 Å². The van der Waals surface area contributed by atoms with Crippen LogP contribution in [0.4, 0.5) is 4.79 Å². The molecule has 0 aromatic carbocycles. The summed E-state index contributed by atoms with van der Waals surface area (Å²) in [5.41, 5.74) is 2.96. The quantitative estimate of drug-likeness (QED) is 0.194. The number of hydrogen-bond donors (Lipinski definition) is 4. The van der Waals surface area contributed by atoms with Crippen molar-refractivity contribution in [2.45, 2.75) is 65.3 Å². The number of thiazole rings is 1. The van der Waals surface area contributed by atoms with Gasteiger partial charge in [-0.2, -0.15) is 0 Å². The van der Waals surface area contributed by atoms with Crippen LogP contribution in [0.1, 0.15) is 44.3 Å². The molecule has 224 valence electrons. The molecule has 0 fully saturated rings. The summed E-state index contributed by atoms with van der Waals surface area (Å²) in [5, 5.41) is 18.0. The van der Waals surface area contributed by atoms with Crippen LogP contribution in [0.15, 0.2) is 5.38 Å². The van der Waals surface area contributed by atoms with Crippen LogP contribution in [0.25, 0.3) is 0 Å². The van der Waals surface area contributed by atoms with Crippen LogP contribution in [-0.2, 0) is 40.8 Å². The Hall–Kier alpha value is -2.34. The molecule has 1 aromatic heterocycles. The molecule has 17 heteroatoms. The summed E-state index contributed by atoms with van der Waals surface area (Å²) < 4.78 is 52.7. The van der Waals surface area contributed by atoms with Crippen molar-refractivity contribution in [2.75, 3.05) is 25.3 Å². The second-order valence-electron chi connectivity index (χ2n) is 9.90. The molecule has 1 rings (SSSR count). The van der Waals surface area contributed by atoms with Crippen molar-refractivity contribution < 1.29 is 41.1 Å². The maximum atomic E-state index is 13.1. The lowest BCUT2D eigenvalue weighted by Gasteiger charge is -2.29. The highest BCUT2D eigenvalue weighted by Crippen LogP contribution is 2.16. The molecular formula is C22H39N5O9S3. The maximum absolute atomic E-state index is 13.1. The summed E-state index contributed by atoms with van der Waals surface area (Å²) >= 11 is 1.27. The van der Waals surface area contributed by atoms with E-state index in [4.69, 9.17) is 4.74 Å². The molecule has 0 bridgehead atoms. The largest absolute Gasteiger partial charge is 0.442 e. The average molecular weight is 614 g/mol. The Labute approximate surface area is 233 Å². The minimum Gasteiger partial charge on any atom is -0.442 e. The number of carbonyl (C=O) groups excluding carboxylic acids is 3. The van der Waals surface area contributed by atoms with Crippen LogP contribution < -0.4 is 16.1 Å². The topological polar surface area (TPSA) is 201 Å². The van der Waals surface area contributed by atoms with E-state index in [9.17, 15) is 36.3 Å². The number of carbonyl (C=O) groups is 3. The first-order valence-electron chi connectivity index (χ1n) is 12.0. The van der Waals surface area contributed by atoms with Crippen LogP contribution in [-0.4, -0.2) is 92.7 Å². The number of sulfonamides is 1. The molecule has 0 aliphatic heterocycles. The Morgan fingerprint density at radius 2 is 1.69 bits per heavy atom. The van der Waals surface area contributed by atoms with Crippen LogP contribution in [0, 0.1) is 18.8 Å². The third kappa shape index (κ3) is 13.5. The lowest BCUT2D eigenvalue weighted by molar-refractivity contribution is -0.128. The lowest BCUT2D eigenvalue weighted by atomic mass is 9.92. The number of sulfone groups is 1. The van der Waals surface area contributed by atoms with Crippen molar-refractivity contribution in [3.8, 4) is 0 Å². The molecule has 14 nitrogen and oxygen atoms in total. The Balaban J connectivity index is 2.94. The summed E-state index contributed by atoms with van der Waals surface area (Å²) in [7, 11) is -6.24. The molecule has 0 spiro atoms. The summed E-state index contributed by atoms with van der Waals surface area (Å²) in [4.78, 5) is 42.0. The molecule has 0 unspecified atom stereocenters. The standard InChI is InChI=1S/C22H39N5O9S3/c1-13(2)8-16(18(28)9-14(3)20(29)26-27(5)39(7,34)35)24-21(30)17(12-38(6,32)33)25-22(31)36-10-19-23-15(4)11-37-19/h11,13-14,16-18,28H,8-10,12H2,1-7H3,(H,24,30)(H,25,31)(H,26,29)/t14-,16+,17+,18+/m1/s1. The number of hydrogen-bond acceptors (Lipinski definition) is 11. The first kappa shape index (κ1) is 34.7. The van der Waals surface area contributed by atoms with E-state index in [0.29, 0.717) is 9.42 Å². The van der Waals surface area contributed by atoms with Gasteiger partial charge in [0.2, 0.25) is 21.8 Å². The van der Waals surface area contributed by atoms with Crippen LogP contribution in [0.5, 0.6) is 0 Å². The van der Waals surface area contributed by atoms with E-state index < -0.39 is 67.6 Å². The fourth-order valence-corrected chi connectivity index (χ4v) is 5.13. The molecule has 3 amide bonds. The number of alkyl carbamates (subject to hydrolysis) is 1. The summed E-state index contributed by atoms with van der Waals surface area (Å²) in [6, 6.07) is -2.42. The van der Waals surface area contributed by atoms with Crippen molar-refractivity contribution in [2.24, 2.45) is 11.8 Å². The van der Waals surface area contributed by atoms with E-state index in [1.807, 2.05) is 13.8 Å². The van der Waals surface area contributed by atoms with Crippen molar-refractivity contribution >= 4 is 49.1 Å². The van der Waals surface area contributed by atoms with E-state index in [1.165, 1.54) is 18.3 Å². The molecule has 0 radical (unpaired) electrons. The lowest BCUT2D eigenvalue weighted by Crippen LogP contribution is -2.55. The zero-order valence-corrected chi connectivity index (χ0v) is 25.6. The third-order valence-corrected chi connectivity index (χ3v) is 8.36. The molecule has 0 saturated carbocycles. The maximum Gasteiger partial charge on any atom is 0.408 e. The van der Waals surface area contributed by atoms with Gasteiger partial charge >= 0.3 is 6.09 Å². The van der Waals surface area contributed by atoms with Crippen molar-refractivity contribution in [3.05, 3.63) is 16.1 Å². The monoisotopic (exact) mass is 613 g/mol. The van der Waals surface area contributed by atoms with Crippen molar-refractivity contribution in [3.63, 3.8) is 0 Å². The van der Waals surface area contributed by atoms with E-state index in [-0.39, 0.29) is 25.4 Å². The van der Waals surface area contributed by atoms with Crippen LogP contribution in [0.2, 0.25) is 0 Å². The van der Waals surface area contributed by atoms with Gasteiger partial charge in [-0.3, -0.25) is 15.0 Å². The molecule has 0 saturated heterocycles. The number of amides is 3. The number of nitrogens with one attached hydrogen (secondary N) is 3. The SMILES string of the molecule is Cc1csc(COC(=O)N[C@@H](CS(C)(=O)=O)C(=O)N[C@@H](CC(C)C)[C@@H](O)C[C@@H](C)C(=O)NN(C)S(C)(=O)=O)n1.